The molecule has 18 heavy (non-hydrogen) atoms. The SMILES string of the molecule is O=C(NCc1ccccc1F)NC[C@@H]1CCCS1. The van der Waals surface area contributed by atoms with Gasteiger partial charge < -0.3 is 10.6 Å². The first-order chi connectivity index (χ1) is 8.75. The molecule has 1 aliphatic heterocycles. The van der Waals surface area contributed by atoms with Crippen LogP contribution in [0.4, 0.5) is 9.18 Å². The van der Waals surface area contributed by atoms with Crippen LogP contribution in [-0.2, 0) is 6.54 Å². The van der Waals surface area contributed by atoms with Gasteiger partial charge in [0.05, 0.1) is 0 Å². The Morgan fingerprint density at radius 3 is 2.94 bits per heavy atom. The number of benzene rings is 1. The second-order valence-corrected chi connectivity index (χ2v) is 5.70. The smallest absolute Gasteiger partial charge is 0.315 e. The number of carbonyl (C=O) groups is 1. The topological polar surface area (TPSA) is 41.1 Å². The number of hydrogen-bond donors (Lipinski definition) is 2. The Morgan fingerprint density at radius 1 is 1.39 bits per heavy atom. The summed E-state index contributed by atoms with van der Waals surface area (Å²) in [5.41, 5.74) is 0.503. The van der Waals surface area contributed by atoms with Gasteiger partial charge in [0.2, 0.25) is 0 Å². The molecule has 2 amide bonds. The van der Waals surface area contributed by atoms with Gasteiger partial charge in [-0.25, -0.2) is 9.18 Å². The van der Waals surface area contributed by atoms with E-state index in [9.17, 15) is 9.18 Å². The molecule has 1 heterocycles. The molecule has 0 unspecified atom stereocenters. The molecule has 1 aromatic rings. The van der Waals surface area contributed by atoms with E-state index in [1.165, 1.54) is 18.2 Å². The molecule has 1 atom stereocenters. The largest absolute Gasteiger partial charge is 0.337 e. The van der Waals surface area contributed by atoms with Crippen LogP contribution in [-0.4, -0.2) is 23.6 Å². The standard InChI is InChI=1S/C13H17FN2OS/c14-12-6-2-1-4-10(12)8-15-13(17)16-9-11-5-3-7-18-11/h1-2,4,6,11H,3,5,7-9H2,(H2,15,16,17)/t11-/m0/s1. The van der Waals surface area contributed by atoms with Gasteiger partial charge in [0.15, 0.2) is 0 Å². The molecule has 0 radical (unpaired) electrons. The van der Waals surface area contributed by atoms with Gasteiger partial charge in [0.25, 0.3) is 0 Å². The predicted octanol–water partition coefficient (Wildman–Crippen LogP) is 2.52. The van der Waals surface area contributed by atoms with Crippen molar-refractivity contribution in [3.63, 3.8) is 0 Å². The molecule has 0 saturated carbocycles. The summed E-state index contributed by atoms with van der Waals surface area (Å²) in [6, 6.07) is 6.22. The minimum absolute atomic E-state index is 0.219. The molecule has 2 rings (SSSR count). The van der Waals surface area contributed by atoms with Crippen molar-refractivity contribution in [1.29, 1.82) is 0 Å². The fourth-order valence-corrected chi connectivity index (χ4v) is 3.09. The summed E-state index contributed by atoms with van der Waals surface area (Å²) in [6.45, 7) is 0.907. The third kappa shape index (κ3) is 3.91. The Bertz CT molecular complexity index is 408. The van der Waals surface area contributed by atoms with Gasteiger partial charge in [-0.2, -0.15) is 11.8 Å². The maximum Gasteiger partial charge on any atom is 0.315 e. The number of carbonyl (C=O) groups excluding carboxylic acids is 1. The number of urea groups is 1. The molecule has 0 bridgehead atoms. The Kier molecular flexibility index (Phi) is 4.87. The zero-order valence-corrected chi connectivity index (χ0v) is 10.9. The van der Waals surface area contributed by atoms with Crippen LogP contribution >= 0.6 is 11.8 Å². The first kappa shape index (κ1) is 13.2. The molecule has 5 heteroatoms. The monoisotopic (exact) mass is 268 g/mol. The summed E-state index contributed by atoms with van der Waals surface area (Å²) in [6.07, 6.45) is 2.39. The van der Waals surface area contributed by atoms with Crippen molar-refractivity contribution in [2.45, 2.75) is 24.6 Å². The van der Waals surface area contributed by atoms with E-state index in [1.807, 2.05) is 11.8 Å². The van der Waals surface area contributed by atoms with Crippen LogP contribution in [0.2, 0.25) is 0 Å². The summed E-state index contributed by atoms with van der Waals surface area (Å²) in [5.74, 6) is 0.896. The maximum atomic E-state index is 13.3. The third-order valence-electron chi connectivity index (χ3n) is 2.91. The van der Waals surface area contributed by atoms with E-state index in [-0.39, 0.29) is 18.4 Å². The van der Waals surface area contributed by atoms with Crippen LogP contribution < -0.4 is 10.6 Å². The normalized spacial score (nSPS) is 18.6. The molecule has 0 aliphatic carbocycles. The second-order valence-electron chi connectivity index (χ2n) is 4.29. The fraction of sp³-hybridized carbons (Fsp3) is 0.462. The molecule has 98 valence electrons. The summed E-state index contributed by atoms with van der Waals surface area (Å²) < 4.78 is 13.3. The van der Waals surface area contributed by atoms with Crippen LogP contribution in [0.3, 0.4) is 0 Å². The van der Waals surface area contributed by atoms with E-state index in [4.69, 9.17) is 0 Å². The number of thioether (sulfide) groups is 1. The van der Waals surface area contributed by atoms with Gasteiger partial charge in [0, 0.05) is 23.9 Å². The van der Waals surface area contributed by atoms with E-state index in [2.05, 4.69) is 10.6 Å². The lowest BCUT2D eigenvalue weighted by molar-refractivity contribution is 0.240. The summed E-state index contributed by atoms with van der Waals surface area (Å²) >= 11 is 1.90. The Labute approximate surface area is 111 Å². The average molecular weight is 268 g/mol. The first-order valence-electron chi connectivity index (χ1n) is 6.12. The molecular weight excluding hydrogens is 251 g/mol. The van der Waals surface area contributed by atoms with E-state index >= 15 is 0 Å². The lowest BCUT2D eigenvalue weighted by atomic mass is 10.2. The average Bonchev–Trinajstić information content (AvgIpc) is 2.88. The lowest BCUT2D eigenvalue weighted by Crippen LogP contribution is -2.38. The van der Waals surface area contributed by atoms with Gasteiger partial charge in [0.1, 0.15) is 5.82 Å². The molecule has 1 fully saturated rings. The molecule has 0 aromatic heterocycles. The van der Waals surface area contributed by atoms with Crippen molar-refractivity contribution in [1.82, 2.24) is 10.6 Å². The predicted molar refractivity (Wildman–Crippen MR) is 72.1 cm³/mol. The molecule has 2 N–H and O–H groups in total. The van der Waals surface area contributed by atoms with Crippen molar-refractivity contribution in [2.24, 2.45) is 0 Å². The van der Waals surface area contributed by atoms with Gasteiger partial charge in [-0.15, -0.1) is 0 Å². The number of hydrogen-bond acceptors (Lipinski definition) is 2. The number of amides is 2. The van der Waals surface area contributed by atoms with Crippen LogP contribution in [0.5, 0.6) is 0 Å². The number of halogens is 1. The highest BCUT2D eigenvalue weighted by molar-refractivity contribution is 8.00. The Hall–Kier alpha value is -1.23. The van der Waals surface area contributed by atoms with Crippen LogP contribution in [0.25, 0.3) is 0 Å². The molecule has 1 aromatic carbocycles. The second kappa shape index (κ2) is 6.64. The van der Waals surface area contributed by atoms with Crippen molar-refractivity contribution in [3.8, 4) is 0 Å². The fourth-order valence-electron chi connectivity index (χ4n) is 1.89. The summed E-state index contributed by atoms with van der Waals surface area (Å²) in [4.78, 5) is 11.5. The lowest BCUT2D eigenvalue weighted by Gasteiger charge is -2.11. The van der Waals surface area contributed by atoms with Crippen molar-refractivity contribution in [3.05, 3.63) is 35.6 Å². The van der Waals surface area contributed by atoms with Crippen molar-refractivity contribution < 1.29 is 9.18 Å². The van der Waals surface area contributed by atoms with Crippen LogP contribution in [0.15, 0.2) is 24.3 Å². The van der Waals surface area contributed by atoms with Crippen molar-refractivity contribution >= 4 is 17.8 Å². The Balaban J connectivity index is 1.69. The number of nitrogens with one attached hydrogen (secondary N) is 2. The summed E-state index contributed by atoms with van der Waals surface area (Å²) in [7, 11) is 0. The van der Waals surface area contributed by atoms with Crippen molar-refractivity contribution in [2.75, 3.05) is 12.3 Å². The van der Waals surface area contributed by atoms with E-state index in [0.29, 0.717) is 17.4 Å². The zero-order valence-electron chi connectivity index (χ0n) is 10.1. The van der Waals surface area contributed by atoms with Crippen LogP contribution in [0, 0.1) is 5.82 Å². The summed E-state index contributed by atoms with van der Waals surface area (Å²) in [5, 5.41) is 6.02. The van der Waals surface area contributed by atoms with Crippen LogP contribution in [0.1, 0.15) is 18.4 Å². The van der Waals surface area contributed by atoms with Gasteiger partial charge >= 0.3 is 6.03 Å². The molecule has 1 aliphatic rings. The first-order valence-corrected chi connectivity index (χ1v) is 7.17. The van der Waals surface area contributed by atoms with Gasteiger partial charge in [-0.3, -0.25) is 0 Å². The third-order valence-corrected chi connectivity index (χ3v) is 4.31. The molecule has 0 spiro atoms. The van der Waals surface area contributed by atoms with Gasteiger partial charge in [-0.05, 0) is 24.7 Å². The maximum absolute atomic E-state index is 13.3. The van der Waals surface area contributed by atoms with E-state index < -0.39 is 0 Å². The highest BCUT2D eigenvalue weighted by atomic mass is 32.2. The molecule has 3 nitrogen and oxygen atoms in total. The van der Waals surface area contributed by atoms with Gasteiger partial charge in [-0.1, -0.05) is 18.2 Å². The quantitative estimate of drug-likeness (QED) is 0.881. The Morgan fingerprint density at radius 2 is 2.22 bits per heavy atom. The van der Waals surface area contributed by atoms with E-state index in [1.54, 1.807) is 18.2 Å². The highest BCUT2D eigenvalue weighted by Gasteiger charge is 2.16. The molecular formula is C13H17FN2OS. The minimum Gasteiger partial charge on any atom is -0.337 e. The minimum atomic E-state index is -0.288. The van der Waals surface area contributed by atoms with E-state index in [0.717, 1.165) is 6.42 Å². The highest BCUT2D eigenvalue weighted by Crippen LogP contribution is 2.25. The number of rotatable bonds is 4. The molecule has 1 saturated heterocycles. The zero-order chi connectivity index (χ0) is 12.8.